The van der Waals surface area contributed by atoms with Crippen molar-refractivity contribution in [3.05, 3.63) is 12.2 Å². The van der Waals surface area contributed by atoms with Crippen LogP contribution in [0.4, 0.5) is 0 Å². The van der Waals surface area contributed by atoms with Crippen LogP contribution in [0.25, 0.3) is 0 Å². The van der Waals surface area contributed by atoms with Crippen LogP contribution >= 0.6 is 0 Å². The Morgan fingerprint density at radius 1 is 1.56 bits per heavy atom. The molecule has 0 saturated carbocycles. The minimum Gasteiger partial charge on any atom is -0.502 e. The number of allylic oxidation sites excluding steroid dienone is 1. The van der Waals surface area contributed by atoms with Crippen LogP contribution in [0.2, 0.25) is 0 Å². The van der Waals surface area contributed by atoms with Crippen molar-refractivity contribution in [1.82, 2.24) is 0 Å². The monoisotopic (exact) mass is 122 g/mol. The van der Waals surface area contributed by atoms with Gasteiger partial charge in [0.05, 0.1) is 0 Å². The molecule has 0 bridgehead atoms. The van der Waals surface area contributed by atoms with Crippen LogP contribution in [0, 0.1) is 6.08 Å². The number of hydrogen-bond donors (Lipinski definition) is 0. The smallest absolute Gasteiger partial charge is 0.502 e. The zero-order valence-corrected chi connectivity index (χ0v) is 6.31. The third kappa shape index (κ3) is 11.7. The Morgan fingerprint density at radius 3 is 2.67 bits per heavy atom. The second-order valence-corrected chi connectivity index (χ2v) is 1.27. The first-order chi connectivity index (χ1) is 3.91. The summed E-state index contributed by atoms with van der Waals surface area (Å²) < 4.78 is 9.50. The van der Waals surface area contributed by atoms with Gasteiger partial charge in [0.15, 0.2) is 0 Å². The fraction of sp³-hybridized carbons (Fsp3) is 0.667. The Hall–Kier alpha value is 0.257. The van der Waals surface area contributed by atoms with E-state index in [1.807, 2.05) is 6.92 Å². The fourth-order valence-corrected chi connectivity index (χ4v) is 0.274. The van der Waals surface area contributed by atoms with Gasteiger partial charge in [0, 0.05) is 13.7 Å². The Labute approximate surface area is 68.4 Å². The first kappa shape index (κ1) is 12.0. The van der Waals surface area contributed by atoms with Crippen LogP contribution in [-0.4, -0.2) is 20.5 Å². The normalized spacial score (nSPS) is 9.56. The molecule has 0 fully saturated rings. The van der Waals surface area contributed by atoms with Gasteiger partial charge in [-0.1, -0.05) is 0 Å². The average molecular weight is 122 g/mol. The van der Waals surface area contributed by atoms with Crippen molar-refractivity contribution >= 4 is 0 Å². The van der Waals surface area contributed by atoms with E-state index in [0.717, 1.165) is 0 Å². The Balaban J connectivity index is 0. The Kier molecular flexibility index (Phi) is 14.8. The number of hydrogen-bond acceptors (Lipinski definition) is 2. The van der Waals surface area contributed by atoms with Crippen molar-refractivity contribution in [2.75, 3.05) is 20.5 Å². The van der Waals surface area contributed by atoms with Gasteiger partial charge in [0.1, 0.15) is 6.79 Å². The van der Waals surface area contributed by atoms with Gasteiger partial charge >= 0.3 is 18.9 Å². The second kappa shape index (κ2) is 11.1. The summed E-state index contributed by atoms with van der Waals surface area (Å²) in [6, 6.07) is 0. The van der Waals surface area contributed by atoms with Gasteiger partial charge in [-0.05, 0) is 0 Å². The molecule has 0 heterocycles. The van der Waals surface area contributed by atoms with E-state index in [2.05, 4.69) is 10.8 Å². The summed E-state index contributed by atoms with van der Waals surface area (Å²) in [5, 5.41) is 0. The Morgan fingerprint density at radius 2 is 2.22 bits per heavy atom. The second-order valence-electron chi connectivity index (χ2n) is 1.27. The summed E-state index contributed by atoms with van der Waals surface area (Å²) in [6.07, 6.45) is 4.63. The molecular weight excluding hydrogens is 111 g/mol. The molecule has 0 aliphatic rings. The molecule has 0 aromatic heterocycles. The van der Waals surface area contributed by atoms with E-state index in [0.29, 0.717) is 13.4 Å². The fourth-order valence-electron chi connectivity index (χ4n) is 0.274. The summed E-state index contributed by atoms with van der Waals surface area (Å²) >= 11 is 0. The molecule has 48 valence electrons. The number of ether oxygens (including phenoxy) is 2. The van der Waals surface area contributed by atoms with E-state index in [1.165, 1.54) is 0 Å². The van der Waals surface area contributed by atoms with E-state index in [-0.39, 0.29) is 18.9 Å². The molecule has 0 unspecified atom stereocenters. The van der Waals surface area contributed by atoms with Crippen molar-refractivity contribution in [3.63, 3.8) is 0 Å². The zero-order valence-electron chi connectivity index (χ0n) is 6.31. The van der Waals surface area contributed by atoms with Crippen molar-refractivity contribution in [3.8, 4) is 0 Å². The molecule has 0 N–H and O–H groups in total. The third-order valence-electron chi connectivity index (χ3n) is 0.606. The SMILES string of the molecule is C[C-]=CCOCOC.[Li+]. The molecule has 2 nitrogen and oxygen atoms in total. The quantitative estimate of drug-likeness (QED) is 0.186. The third-order valence-corrected chi connectivity index (χ3v) is 0.606. The van der Waals surface area contributed by atoms with Crippen LogP contribution < -0.4 is 18.9 Å². The molecule has 0 atom stereocenters. The van der Waals surface area contributed by atoms with Crippen molar-refractivity contribution in [2.24, 2.45) is 0 Å². The molecule has 0 spiro atoms. The first-order valence-electron chi connectivity index (χ1n) is 2.47. The molecule has 0 aromatic carbocycles. The van der Waals surface area contributed by atoms with Crippen LogP contribution in [-0.2, 0) is 9.47 Å². The summed E-state index contributed by atoms with van der Waals surface area (Å²) in [7, 11) is 1.60. The van der Waals surface area contributed by atoms with Gasteiger partial charge < -0.3 is 15.5 Å². The number of rotatable bonds is 4. The maximum atomic E-state index is 4.88. The molecule has 0 aromatic rings. The van der Waals surface area contributed by atoms with E-state index < -0.39 is 0 Å². The van der Waals surface area contributed by atoms with Gasteiger partial charge in [-0.25, -0.2) is 6.08 Å². The minimum atomic E-state index is 0. The average Bonchev–Trinajstić information content (AvgIpc) is 1.81. The van der Waals surface area contributed by atoms with Crippen LogP contribution in [0.3, 0.4) is 0 Å². The molecule has 0 aliphatic heterocycles. The van der Waals surface area contributed by atoms with Gasteiger partial charge in [-0.2, -0.15) is 6.92 Å². The predicted molar refractivity (Wildman–Crippen MR) is 31.3 cm³/mol. The summed E-state index contributed by atoms with van der Waals surface area (Å²) in [5.41, 5.74) is 0. The van der Waals surface area contributed by atoms with Crippen LogP contribution in [0.15, 0.2) is 6.08 Å². The van der Waals surface area contributed by atoms with E-state index in [1.54, 1.807) is 13.2 Å². The van der Waals surface area contributed by atoms with Gasteiger partial charge in [0.25, 0.3) is 0 Å². The maximum Gasteiger partial charge on any atom is 1.00 e. The summed E-state index contributed by atoms with van der Waals surface area (Å²) in [4.78, 5) is 0. The summed E-state index contributed by atoms with van der Waals surface area (Å²) in [6.45, 7) is 2.78. The van der Waals surface area contributed by atoms with Crippen molar-refractivity contribution in [1.29, 1.82) is 0 Å². The van der Waals surface area contributed by atoms with E-state index >= 15 is 0 Å². The summed E-state index contributed by atoms with van der Waals surface area (Å²) in [5.74, 6) is 0. The van der Waals surface area contributed by atoms with Crippen LogP contribution in [0.5, 0.6) is 0 Å². The van der Waals surface area contributed by atoms with Gasteiger partial charge in [-0.15, -0.1) is 0 Å². The molecule has 9 heavy (non-hydrogen) atoms. The number of methoxy groups -OCH3 is 1. The minimum absolute atomic E-state index is 0. The van der Waals surface area contributed by atoms with E-state index in [4.69, 9.17) is 4.74 Å². The molecule has 0 rings (SSSR count). The molecular formula is C6H11LiO2. The first-order valence-corrected chi connectivity index (χ1v) is 2.47. The zero-order chi connectivity index (χ0) is 6.24. The van der Waals surface area contributed by atoms with E-state index in [9.17, 15) is 0 Å². The van der Waals surface area contributed by atoms with Crippen molar-refractivity contribution < 1.29 is 28.3 Å². The predicted octanol–water partition coefficient (Wildman–Crippen LogP) is -2.01. The maximum absolute atomic E-state index is 4.88. The van der Waals surface area contributed by atoms with Gasteiger partial charge in [0.2, 0.25) is 0 Å². The van der Waals surface area contributed by atoms with Gasteiger partial charge in [-0.3, -0.25) is 0 Å². The Bertz CT molecular complexity index is 64.1. The molecule has 0 aliphatic carbocycles. The van der Waals surface area contributed by atoms with Crippen molar-refractivity contribution in [2.45, 2.75) is 6.92 Å². The van der Waals surface area contributed by atoms with Crippen LogP contribution in [0.1, 0.15) is 6.92 Å². The topological polar surface area (TPSA) is 18.5 Å². The molecule has 0 saturated heterocycles. The largest absolute Gasteiger partial charge is 1.00 e. The molecule has 0 radical (unpaired) electrons. The molecule has 3 heteroatoms. The molecule has 0 amide bonds. The standard InChI is InChI=1S/C6H11O2.Li/c1-3-4-5-8-6-7-2;/h4H,5-6H2,1-2H3;/q-1;+1.